The van der Waals surface area contributed by atoms with Gasteiger partial charge in [0.05, 0.1) is 0 Å². The van der Waals surface area contributed by atoms with Crippen LogP contribution >= 0.6 is 0 Å². The van der Waals surface area contributed by atoms with Gasteiger partial charge >= 0.3 is 0 Å². The third-order valence-corrected chi connectivity index (χ3v) is 3.63. The topological polar surface area (TPSA) is 41.1 Å². The Kier molecular flexibility index (Phi) is 4.79. The van der Waals surface area contributed by atoms with Crippen LogP contribution in [0.3, 0.4) is 0 Å². The third kappa shape index (κ3) is 3.86. The van der Waals surface area contributed by atoms with Crippen molar-refractivity contribution in [3.05, 3.63) is 12.3 Å². The van der Waals surface area contributed by atoms with Crippen LogP contribution in [0, 0.1) is 5.92 Å². The Morgan fingerprint density at radius 2 is 2.06 bits per heavy atom. The molecule has 100 valence electrons. The summed E-state index contributed by atoms with van der Waals surface area (Å²) in [6.45, 7) is 1.02. The van der Waals surface area contributed by atoms with Crippen LogP contribution in [0.2, 0.25) is 0 Å². The second-order valence-electron chi connectivity index (χ2n) is 5.36. The van der Waals surface area contributed by atoms with Crippen molar-refractivity contribution >= 4 is 11.8 Å². The summed E-state index contributed by atoms with van der Waals surface area (Å²) in [6, 6.07) is 1.94. The van der Waals surface area contributed by atoms with Crippen LogP contribution in [0.15, 0.2) is 12.3 Å². The van der Waals surface area contributed by atoms with Crippen molar-refractivity contribution in [3.63, 3.8) is 0 Å². The van der Waals surface area contributed by atoms with E-state index < -0.39 is 0 Å². The van der Waals surface area contributed by atoms with E-state index in [0.717, 1.165) is 24.2 Å². The van der Waals surface area contributed by atoms with Crippen molar-refractivity contribution in [2.45, 2.75) is 38.5 Å². The van der Waals surface area contributed by atoms with Gasteiger partial charge in [0.25, 0.3) is 0 Å². The Balaban J connectivity index is 1.77. The molecule has 0 bridgehead atoms. The van der Waals surface area contributed by atoms with Crippen LogP contribution in [0.1, 0.15) is 38.5 Å². The van der Waals surface area contributed by atoms with E-state index in [2.05, 4.69) is 15.3 Å². The van der Waals surface area contributed by atoms with Crippen LogP contribution in [0.4, 0.5) is 11.8 Å². The van der Waals surface area contributed by atoms with E-state index in [4.69, 9.17) is 0 Å². The van der Waals surface area contributed by atoms with Gasteiger partial charge < -0.3 is 10.2 Å². The molecule has 1 aliphatic carbocycles. The van der Waals surface area contributed by atoms with E-state index in [9.17, 15) is 0 Å². The molecule has 4 heteroatoms. The number of aromatic nitrogens is 2. The first-order valence-electron chi connectivity index (χ1n) is 7.00. The van der Waals surface area contributed by atoms with Gasteiger partial charge in [0.1, 0.15) is 5.82 Å². The monoisotopic (exact) mass is 248 g/mol. The highest BCUT2D eigenvalue weighted by Gasteiger charge is 2.12. The van der Waals surface area contributed by atoms with Gasteiger partial charge in [-0.1, -0.05) is 32.1 Å². The zero-order valence-electron chi connectivity index (χ0n) is 11.5. The van der Waals surface area contributed by atoms with Crippen LogP contribution in [0.25, 0.3) is 0 Å². The Hall–Kier alpha value is -1.32. The van der Waals surface area contributed by atoms with Crippen LogP contribution in [0.5, 0.6) is 0 Å². The van der Waals surface area contributed by atoms with E-state index >= 15 is 0 Å². The zero-order chi connectivity index (χ0) is 12.8. The second kappa shape index (κ2) is 6.57. The molecule has 0 saturated heterocycles. The predicted molar refractivity (Wildman–Crippen MR) is 76.0 cm³/mol. The molecule has 1 saturated carbocycles. The maximum Gasteiger partial charge on any atom is 0.226 e. The van der Waals surface area contributed by atoms with Gasteiger partial charge in [0.15, 0.2) is 0 Å². The van der Waals surface area contributed by atoms with Crippen molar-refractivity contribution < 1.29 is 0 Å². The lowest BCUT2D eigenvalue weighted by molar-refractivity contribution is 0.345. The van der Waals surface area contributed by atoms with Gasteiger partial charge in [0, 0.05) is 26.8 Å². The number of nitrogens with one attached hydrogen (secondary N) is 1. The van der Waals surface area contributed by atoms with Crippen LogP contribution < -0.4 is 10.2 Å². The van der Waals surface area contributed by atoms with Crippen molar-refractivity contribution in [3.8, 4) is 0 Å². The quantitative estimate of drug-likeness (QED) is 0.870. The van der Waals surface area contributed by atoms with Crippen molar-refractivity contribution in [2.24, 2.45) is 5.92 Å². The molecule has 0 amide bonds. The highest BCUT2D eigenvalue weighted by molar-refractivity contribution is 5.40. The average molecular weight is 248 g/mol. The lowest BCUT2D eigenvalue weighted by Gasteiger charge is -2.21. The lowest BCUT2D eigenvalue weighted by Crippen LogP contribution is -2.15. The highest BCUT2D eigenvalue weighted by Crippen LogP contribution is 2.26. The molecule has 0 atom stereocenters. The molecule has 1 aliphatic rings. The maximum atomic E-state index is 4.46. The lowest BCUT2D eigenvalue weighted by atomic mass is 9.87. The van der Waals surface area contributed by atoms with Crippen molar-refractivity contribution in [1.82, 2.24) is 9.97 Å². The van der Waals surface area contributed by atoms with Gasteiger partial charge in [-0.3, -0.25) is 0 Å². The van der Waals surface area contributed by atoms with Gasteiger partial charge in [-0.05, 0) is 18.4 Å². The molecule has 4 nitrogen and oxygen atoms in total. The molecule has 2 rings (SSSR count). The van der Waals surface area contributed by atoms with Crippen molar-refractivity contribution in [1.29, 1.82) is 0 Å². The number of anilines is 2. The molecular weight excluding hydrogens is 224 g/mol. The fraction of sp³-hybridized carbons (Fsp3) is 0.714. The molecule has 1 aromatic heterocycles. The first-order chi connectivity index (χ1) is 8.75. The highest BCUT2D eigenvalue weighted by atomic mass is 15.2. The minimum atomic E-state index is 0.762. The van der Waals surface area contributed by atoms with E-state index in [1.807, 2.05) is 31.3 Å². The van der Waals surface area contributed by atoms with Gasteiger partial charge in [-0.2, -0.15) is 4.98 Å². The first kappa shape index (κ1) is 13.1. The minimum absolute atomic E-state index is 0.762. The van der Waals surface area contributed by atoms with E-state index in [1.165, 1.54) is 38.5 Å². The summed E-state index contributed by atoms with van der Waals surface area (Å²) in [5.74, 6) is 2.61. The van der Waals surface area contributed by atoms with Gasteiger partial charge in [0.2, 0.25) is 5.95 Å². The van der Waals surface area contributed by atoms with Crippen LogP contribution in [-0.2, 0) is 0 Å². The SMILES string of the molecule is CN(C)c1nccc(NCCC2CCCCC2)n1. The molecule has 0 unspecified atom stereocenters. The maximum absolute atomic E-state index is 4.46. The summed E-state index contributed by atoms with van der Waals surface area (Å²) in [6.07, 6.45) is 10.2. The number of nitrogens with zero attached hydrogens (tertiary/aromatic N) is 3. The number of hydrogen-bond donors (Lipinski definition) is 1. The molecule has 1 aromatic rings. The molecule has 0 spiro atoms. The molecule has 1 N–H and O–H groups in total. The summed E-state index contributed by atoms with van der Waals surface area (Å²) in [5, 5.41) is 3.41. The molecule has 0 radical (unpaired) electrons. The smallest absolute Gasteiger partial charge is 0.226 e. The third-order valence-electron chi connectivity index (χ3n) is 3.63. The zero-order valence-corrected chi connectivity index (χ0v) is 11.5. The minimum Gasteiger partial charge on any atom is -0.370 e. The summed E-state index contributed by atoms with van der Waals surface area (Å²) >= 11 is 0. The Morgan fingerprint density at radius 1 is 1.28 bits per heavy atom. The molecule has 1 fully saturated rings. The van der Waals surface area contributed by atoms with Gasteiger partial charge in [-0.15, -0.1) is 0 Å². The molecular formula is C14H24N4. The summed E-state index contributed by atoms with van der Waals surface area (Å²) in [7, 11) is 3.92. The van der Waals surface area contributed by atoms with E-state index in [-0.39, 0.29) is 0 Å². The van der Waals surface area contributed by atoms with Crippen LogP contribution in [-0.4, -0.2) is 30.6 Å². The standard InChI is InChI=1S/C14H24N4/c1-18(2)14-16-11-9-13(17-14)15-10-8-12-6-4-3-5-7-12/h9,11-12H,3-8,10H2,1-2H3,(H,15,16,17). The molecule has 0 aliphatic heterocycles. The molecule has 1 heterocycles. The first-order valence-corrected chi connectivity index (χ1v) is 7.00. The molecule has 0 aromatic carbocycles. The normalized spacial score (nSPS) is 16.6. The fourth-order valence-corrected chi connectivity index (χ4v) is 2.54. The largest absolute Gasteiger partial charge is 0.370 e. The Morgan fingerprint density at radius 3 is 2.78 bits per heavy atom. The second-order valence-corrected chi connectivity index (χ2v) is 5.36. The number of rotatable bonds is 5. The van der Waals surface area contributed by atoms with Gasteiger partial charge in [-0.25, -0.2) is 4.98 Å². The average Bonchev–Trinajstić information content (AvgIpc) is 2.40. The summed E-state index contributed by atoms with van der Waals surface area (Å²) < 4.78 is 0. The van der Waals surface area contributed by atoms with Crippen molar-refractivity contribution in [2.75, 3.05) is 30.9 Å². The number of hydrogen-bond acceptors (Lipinski definition) is 4. The Labute approximate surface area is 110 Å². The summed E-state index contributed by atoms with van der Waals surface area (Å²) in [4.78, 5) is 10.6. The fourth-order valence-electron chi connectivity index (χ4n) is 2.54. The molecule has 18 heavy (non-hydrogen) atoms. The summed E-state index contributed by atoms with van der Waals surface area (Å²) in [5.41, 5.74) is 0. The Bertz CT molecular complexity index is 359. The predicted octanol–water partition coefficient (Wildman–Crippen LogP) is 2.92. The van der Waals surface area contributed by atoms with E-state index in [0.29, 0.717) is 0 Å². The van der Waals surface area contributed by atoms with E-state index in [1.54, 1.807) is 0 Å².